The van der Waals surface area contributed by atoms with Crippen LogP contribution in [0.2, 0.25) is 0 Å². The van der Waals surface area contributed by atoms with E-state index in [0.29, 0.717) is 23.7 Å². The lowest BCUT2D eigenvalue weighted by Gasteiger charge is -2.63. The van der Waals surface area contributed by atoms with Crippen molar-refractivity contribution in [2.75, 3.05) is 6.54 Å². The molecule has 1 amide bonds. The first-order valence-electron chi connectivity index (χ1n) is 11.8. The lowest BCUT2D eigenvalue weighted by molar-refractivity contribution is -0.206. The molecule has 0 spiro atoms. The number of aliphatic imine (C=N–C) groups is 1. The van der Waals surface area contributed by atoms with Crippen molar-refractivity contribution in [1.82, 2.24) is 10.7 Å². The molecule has 4 fully saturated rings. The zero-order valence-corrected chi connectivity index (χ0v) is 18.2. The van der Waals surface area contributed by atoms with Gasteiger partial charge in [0, 0.05) is 17.5 Å². The van der Waals surface area contributed by atoms with E-state index in [1.165, 1.54) is 0 Å². The third-order valence-electron chi connectivity index (χ3n) is 9.96. The number of carbonyl (C=O) groups is 1. The number of hydrazone groups is 1. The van der Waals surface area contributed by atoms with Crippen LogP contribution in [0.5, 0.6) is 0 Å². The Hall–Kier alpha value is -1.47. The Morgan fingerprint density at radius 2 is 1.97 bits per heavy atom. The quantitative estimate of drug-likeness (QED) is 0.409. The van der Waals surface area contributed by atoms with Gasteiger partial charge in [0.15, 0.2) is 0 Å². The fraction of sp³-hybridized carbons (Fsp3) is 0.870. The molecule has 0 aromatic rings. The topological polar surface area (TPSA) is 106 Å². The minimum Gasteiger partial charge on any atom is -0.393 e. The van der Waals surface area contributed by atoms with Crippen molar-refractivity contribution in [2.45, 2.75) is 83.3 Å². The van der Waals surface area contributed by atoms with Crippen LogP contribution in [0.3, 0.4) is 0 Å². The van der Waals surface area contributed by atoms with Gasteiger partial charge in [-0.1, -0.05) is 13.8 Å². The predicted octanol–water partition coefficient (Wildman–Crippen LogP) is 2.18. The van der Waals surface area contributed by atoms with E-state index in [4.69, 9.17) is 0 Å². The molecule has 4 saturated carbocycles. The molecular weight excluding hydrogens is 380 g/mol. The normalized spacial score (nSPS) is 50.5. The highest BCUT2D eigenvalue weighted by atomic mass is 16.3. The van der Waals surface area contributed by atoms with Crippen LogP contribution in [0.15, 0.2) is 10.1 Å². The summed E-state index contributed by atoms with van der Waals surface area (Å²) in [6.45, 7) is 4.86. The van der Waals surface area contributed by atoms with E-state index in [2.05, 4.69) is 34.7 Å². The summed E-state index contributed by atoms with van der Waals surface area (Å²) in [5.74, 6) is 2.00. The molecule has 5 rings (SSSR count). The van der Waals surface area contributed by atoms with Gasteiger partial charge < -0.3 is 10.2 Å². The minimum absolute atomic E-state index is 0.118. The number of hydrogen-bond acceptors (Lipinski definition) is 6. The summed E-state index contributed by atoms with van der Waals surface area (Å²) < 4.78 is 0. The average molecular weight is 417 g/mol. The van der Waals surface area contributed by atoms with Crippen LogP contribution in [0, 0.1) is 34.5 Å². The van der Waals surface area contributed by atoms with Crippen LogP contribution in [0.25, 0.3) is 0 Å². The Morgan fingerprint density at radius 3 is 2.73 bits per heavy atom. The van der Waals surface area contributed by atoms with E-state index in [0.717, 1.165) is 57.8 Å². The maximum atomic E-state index is 12.1. The number of guanidine groups is 1. The fourth-order valence-electron chi connectivity index (χ4n) is 8.10. The summed E-state index contributed by atoms with van der Waals surface area (Å²) in [5, 5.41) is 29.3. The molecule has 0 saturated heterocycles. The van der Waals surface area contributed by atoms with Crippen LogP contribution in [0.4, 0.5) is 0 Å². The second-order valence-electron chi connectivity index (χ2n) is 11.0. The first-order valence-corrected chi connectivity index (χ1v) is 11.8. The Labute approximate surface area is 178 Å². The monoisotopic (exact) mass is 416 g/mol. The van der Waals surface area contributed by atoms with E-state index in [9.17, 15) is 15.0 Å². The molecule has 4 aliphatic carbocycles. The molecule has 4 N–H and O–H groups in total. The summed E-state index contributed by atoms with van der Waals surface area (Å²) >= 11 is 0. The van der Waals surface area contributed by atoms with E-state index in [-0.39, 0.29) is 35.3 Å². The highest BCUT2D eigenvalue weighted by Gasteiger charge is 2.66. The second kappa shape index (κ2) is 7.02. The van der Waals surface area contributed by atoms with E-state index >= 15 is 0 Å². The van der Waals surface area contributed by atoms with Crippen molar-refractivity contribution in [3.05, 3.63) is 0 Å². The summed E-state index contributed by atoms with van der Waals surface area (Å²) in [6.07, 6.45) is 10.9. The van der Waals surface area contributed by atoms with Gasteiger partial charge in [-0.3, -0.25) is 10.1 Å². The van der Waals surface area contributed by atoms with Gasteiger partial charge in [0.25, 0.3) is 0 Å². The average Bonchev–Trinajstić information content (AvgIpc) is 3.24. The number of amides is 1. The van der Waals surface area contributed by atoms with E-state index in [1.807, 2.05) is 6.21 Å². The summed E-state index contributed by atoms with van der Waals surface area (Å²) in [5.41, 5.74) is 2.29. The van der Waals surface area contributed by atoms with Gasteiger partial charge in [-0.2, -0.15) is 5.10 Å². The van der Waals surface area contributed by atoms with Crippen LogP contribution < -0.4 is 10.7 Å². The van der Waals surface area contributed by atoms with Crippen LogP contribution in [-0.4, -0.2) is 46.5 Å². The molecule has 0 aromatic carbocycles. The Balaban J connectivity index is 1.34. The summed E-state index contributed by atoms with van der Waals surface area (Å²) in [4.78, 5) is 15.3. The number of nitrogens with one attached hydrogen (secondary N) is 2. The number of carbonyl (C=O) groups excluding carboxylic acids is 1. The maximum absolute atomic E-state index is 12.1. The molecule has 7 nitrogen and oxygen atoms in total. The van der Waals surface area contributed by atoms with Crippen molar-refractivity contribution in [3.63, 3.8) is 0 Å². The molecular formula is C23H36N4O3. The molecule has 166 valence electrons. The van der Waals surface area contributed by atoms with Gasteiger partial charge in [0.2, 0.25) is 11.9 Å². The lowest BCUT2D eigenvalue weighted by Crippen LogP contribution is -2.62. The largest absolute Gasteiger partial charge is 0.393 e. The van der Waals surface area contributed by atoms with Crippen molar-refractivity contribution < 1.29 is 15.0 Å². The number of rotatable bonds is 2. The Morgan fingerprint density at radius 1 is 1.13 bits per heavy atom. The van der Waals surface area contributed by atoms with Gasteiger partial charge in [0.1, 0.15) is 6.54 Å². The minimum atomic E-state index is -0.643. The number of aliphatic hydroxyl groups excluding tert-OH is 1. The van der Waals surface area contributed by atoms with Gasteiger partial charge in [-0.25, -0.2) is 10.4 Å². The highest BCUT2D eigenvalue weighted by Crippen LogP contribution is 2.68. The van der Waals surface area contributed by atoms with Crippen molar-refractivity contribution in [3.8, 4) is 0 Å². The second-order valence-corrected chi connectivity index (χ2v) is 11.0. The SMILES string of the molecule is C[C@]12CC[C@H](O)C[C@H]1CC[C@@H]1[C@@H]2CC[C@]2(C)[C@@H](/C=N/NC3=NCC(=O)N3)CC[C@]12O. The lowest BCUT2D eigenvalue weighted by atomic mass is 9.43. The first-order chi connectivity index (χ1) is 14.3. The fourth-order valence-corrected chi connectivity index (χ4v) is 8.10. The van der Waals surface area contributed by atoms with Gasteiger partial charge in [-0.05, 0) is 81.0 Å². The Bertz CT molecular complexity index is 784. The molecule has 7 heteroatoms. The molecule has 8 atom stereocenters. The Kier molecular flexibility index (Phi) is 4.78. The van der Waals surface area contributed by atoms with Crippen molar-refractivity contribution in [1.29, 1.82) is 0 Å². The molecule has 30 heavy (non-hydrogen) atoms. The molecule has 0 radical (unpaired) electrons. The maximum Gasteiger partial charge on any atom is 0.248 e. The van der Waals surface area contributed by atoms with Crippen molar-refractivity contribution >= 4 is 18.1 Å². The predicted molar refractivity (Wildman–Crippen MR) is 115 cm³/mol. The van der Waals surface area contributed by atoms with E-state index < -0.39 is 5.60 Å². The first kappa shape index (κ1) is 20.4. The van der Waals surface area contributed by atoms with Crippen LogP contribution in [0.1, 0.15) is 71.6 Å². The number of hydrogen-bond donors (Lipinski definition) is 4. The molecule has 1 aliphatic heterocycles. The molecule has 0 aromatic heterocycles. The molecule has 1 heterocycles. The van der Waals surface area contributed by atoms with Gasteiger partial charge in [-0.15, -0.1) is 0 Å². The van der Waals surface area contributed by atoms with Gasteiger partial charge in [0.05, 0.1) is 11.7 Å². The summed E-state index contributed by atoms with van der Waals surface area (Å²) in [6, 6.07) is 0. The summed E-state index contributed by atoms with van der Waals surface area (Å²) in [7, 11) is 0. The van der Waals surface area contributed by atoms with Crippen LogP contribution in [-0.2, 0) is 4.79 Å². The van der Waals surface area contributed by atoms with Gasteiger partial charge >= 0.3 is 0 Å². The smallest absolute Gasteiger partial charge is 0.248 e. The number of aliphatic hydroxyl groups is 2. The molecule has 0 bridgehead atoms. The number of fused-ring (bicyclic) bond motifs is 5. The number of nitrogens with zero attached hydrogens (tertiary/aromatic N) is 2. The van der Waals surface area contributed by atoms with Crippen LogP contribution >= 0.6 is 0 Å². The zero-order chi connectivity index (χ0) is 21.1. The molecule has 5 aliphatic rings. The molecule has 0 unspecified atom stereocenters. The van der Waals surface area contributed by atoms with E-state index in [1.54, 1.807) is 0 Å². The zero-order valence-electron chi connectivity index (χ0n) is 18.2. The third-order valence-corrected chi connectivity index (χ3v) is 9.96. The van der Waals surface area contributed by atoms with Crippen molar-refractivity contribution in [2.24, 2.45) is 44.6 Å². The third kappa shape index (κ3) is 2.88. The highest BCUT2D eigenvalue weighted by molar-refractivity contribution is 6.02. The standard InChI is InChI=1S/C23H36N4O3/c1-21-8-6-16(28)11-14(21)3-4-18-17(21)7-9-22(2)15(5-10-23(18,22)30)12-25-27-20-24-13-19(29)26-20/h12,14-18,28,30H,3-11,13H2,1-2H3,(H2,24,26,27,29)/b25-12+/t14-,15-,16+,17+,18-,21+,22-,23+/m1/s1.